The molecule has 146 valence electrons. The topological polar surface area (TPSA) is 108 Å². The second kappa shape index (κ2) is 8.41. The van der Waals surface area contributed by atoms with Gasteiger partial charge < -0.3 is 0 Å². The van der Waals surface area contributed by atoms with E-state index in [4.69, 9.17) is 0 Å². The van der Waals surface area contributed by atoms with Gasteiger partial charge in [0, 0.05) is 38.7 Å². The molecule has 0 fully saturated rings. The van der Waals surface area contributed by atoms with Crippen LogP contribution in [0.15, 0.2) is 64.6 Å². The number of H-pyrrole nitrogens is 1. The maximum atomic E-state index is 11.1. The summed E-state index contributed by atoms with van der Waals surface area (Å²) in [6, 6.07) is 16.2. The minimum Gasteiger partial charge on any atom is -0.277 e. The third kappa shape index (κ3) is 4.05. The molecule has 0 aliphatic rings. The number of nitro benzene ring substituents is 1. The Balaban J connectivity index is 1.69. The molecule has 2 aromatic heterocycles. The van der Waals surface area contributed by atoms with Crippen LogP contribution in [-0.2, 0) is 0 Å². The Morgan fingerprint density at radius 2 is 2.03 bits per heavy atom. The lowest BCUT2D eigenvalue weighted by atomic mass is 10.1. The molecule has 0 radical (unpaired) electrons. The van der Waals surface area contributed by atoms with Gasteiger partial charge in [0.25, 0.3) is 5.69 Å². The molecule has 0 amide bonds. The Hall–Kier alpha value is -3.61. The molecule has 4 rings (SSSR count). The molecule has 4 aromatic rings. The highest BCUT2D eigenvalue weighted by Crippen LogP contribution is 2.31. The highest BCUT2D eigenvalue weighted by Gasteiger charge is 2.14. The number of hydrogen-bond acceptors (Lipinski definition) is 6. The number of thiazole rings is 1. The summed E-state index contributed by atoms with van der Waals surface area (Å²) in [7, 11) is 0. The molecule has 9 heteroatoms. The number of aromatic nitrogens is 3. The number of rotatable bonds is 5. The van der Waals surface area contributed by atoms with Gasteiger partial charge in [-0.2, -0.15) is 10.4 Å². The van der Waals surface area contributed by atoms with Crippen LogP contribution < -0.4 is 0 Å². The fraction of sp³-hybridized carbons (Fsp3) is 0. The van der Waals surface area contributed by atoms with Crippen molar-refractivity contribution < 1.29 is 4.92 Å². The molecule has 0 saturated heterocycles. The zero-order valence-corrected chi connectivity index (χ0v) is 17.6. The molecule has 7 nitrogen and oxygen atoms in total. The Morgan fingerprint density at radius 3 is 2.77 bits per heavy atom. The second-order valence-electron chi connectivity index (χ2n) is 6.22. The first-order valence-corrected chi connectivity index (χ1v) is 10.3. The van der Waals surface area contributed by atoms with Crippen LogP contribution >= 0.6 is 27.3 Å². The van der Waals surface area contributed by atoms with Gasteiger partial charge in [-0.3, -0.25) is 15.2 Å². The molecule has 0 aliphatic heterocycles. The van der Waals surface area contributed by atoms with E-state index in [1.54, 1.807) is 24.4 Å². The smallest absolute Gasteiger partial charge is 0.270 e. The number of nitrogens with one attached hydrogen (secondary N) is 1. The van der Waals surface area contributed by atoms with Crippen molar-refractivity contribution in [1.82, 2.24) is 15.2 Å². The minimum atomic E-state index is -0.449. The summed E-state index contributed by atoms with van der Waals surface area (Å²) in [6.45, 7) is 0. The lowest BCUT2D eigenvalue weighted by Gasteiger charge is -2.01. The number of hydrogen-bond donors (Lipinski definition) is 1. The first kappa shape index (κ1) is 19.7. The predicted octanol–water partition coefficient (Wildman–Crippen LogP) is 5.94. The summed E-state index contributed by atoms with van der Waals surface area (Å²) in [5.74, 6) is 0. The van der Waals surface area contributed by atoms with Crippen LogP contribution in [0, 0.1) is 21.4 Å². The SMILES string of the molecule is N#C/C(=C/c1cn[nH]c1-c1cccc([N+](=O)[O-])c1)c1nc(-c2ccc(Br)cc2)cs1. The van der Waals surface area contributed by atoms with Crippen LogP contribution in [0.4, 0.5) is 5.69 Å². The third-order valence-corrected chi connectivity index (χ3v) is 5.71. The van der Waals surface area contributed by atoms with Crippen LogP contribution in [0.2, 0.25) is 0 Å². The largest absolute Gasteiger partial charge is 0.277 e. The molecule has 0 aliphatic carbocycles. The van der Waals surface area contributed by atoms with Crippen molar-refractivity contribution in [2.45, 2.75) is 0 Å². The molecular weight excluding hydrogens is 466 g/mol. The van der Waals surface area contributed by atoms with Gasteiger partial charge in [0.05, 0.1) is 28.1 Å². The van der Waals surface area contributed by atoms with Crippen molar-refractivity contribution in [2.24, 2.45) is 0 Å². The highest BCUT2D eigenvalue weighted by molar-refractivity contribution is 9.10. The Bertz CT molecular complexity index is 1300. The lowest BCUT2D eigenvalue weighted by Crippen LogP contribution is -1.89. The molecule has 0 spiro atoms. The summed E-state index contributed by atoms with van der Waals surface area (Å²) in [5, 5.41) is 30.2. The summed E-state index contributed by atoms with van der Waals surface area (Å²) in [4.78, 5) is 15.2. The van der Waals surface area contributed by atoms with E-state index in [0.717, 1.165) is 15.7 Å². The summed E-state index contributed by atoms with van der Waals surface area (Å²) >= 11 is 4.79. The second-order valence-corrected chi connectivity index (χ2v) is 8.00. The van der Waals surface area contributed by atoms with Crippen molar-refractivity contribution >= 4 is 44.6 Å². The lowest BCUT2D eigenvalue weighted by molar-refractivity contribution is -0.384. The van der Waals surface area contributed by atoms with Gasteiger partial charge in [0.2, 0.25) is 0 Å². The number of benzene rings is 2. The minimum absolute atomic E-state index is 0.0170. The monoisotopic (exact) mass is 477 g/mol. The van der Waals surface area contributed by atoms with E-state index in [9.17, 15) is 15.4 Å². The molecule has 2 aromatic carbocycles. The van der Waals surface area contributed by atoms with E-state index in [1.807, 2.05) is 29.6 Å². The van der Waals surface area contributed by atoms with Gasteiger partial charge in [0.15, 0.2) is 0 Å². The van der Waals surface area contributed by atoms with Crippen LogP contribution in [-0.4, -0.2) is 20.1 Å². The van der Waals surface area contributed by atoms with E-state index in [1.165, 1.54) is 23.5 Å². The van der Waals surface area contributed by atoms with Gasteiger partial charge in [-0.1, -0.05) is 40.2 Å². The van der Waals surface area contributed by atoms with Gasteiger partial charge in [-0.05, 0) is 18.2 Å². The standard InChI is InChI=1S/C21H12BrN5O2S/c22-17-6-4-13(5-7-17)19-12-30-21(25-19)15(10-23)8-16-11-24-26-20(16)14-2-1-3-18(9-14)27(28)29/h1-9,11-12H,(H,24,26)/b15-8-. The van der Waals surface area contributed by atoms with Crippen molar-refractivity contribution in [3.05, 3.63) is 85.3 Å². The Morgan fingerprint density at radius 1 is 1.23 bits per heavy atom. The van der Waals surface area contributed by atoms with E-state index >= 15 is 0 Å². The number of nitrogens with zero attached hydrogens (tertiary/aromatic N) is 4. The van der Waals surface area contributed by atoms with Crippen LogP contribution in [0.3, 0.4) is 0 Å². The first-order valence-electron chi connectivity index (χ1n) is 8.67. The maximum absolute atomic E-state index is 11.1. The molecule has 0 atom stereocenters. The van der Waals surface area contributed by atoms with E-state index in [-0.39, 0.29) is 5.69 Å². The Labute approximate surface area is 183 Å². The molecule has 1 N–H and O–H groups in total. The van der Waals surface area contributed by atoms with Crippen LogP contribution in [0.5, 0.6) is 0 Å². The fourth-order valence-corrected chi connectivity index (χ4v) is 3.92. The van der Waals surface area contributed by atoms with Crippen LogP contribution in [0.1, 0.15) is 10.6 Å². The van der Waals surface area contributed by atoms with E-state index in [2.05, 4.69) is 37.2 Å². The average Bonchev–Trinajstić information content (AvgIpc) is 3.42. The predicted molar refractivity (Wildman–Crippen MR) is 119 cm³/mol. The molecule has 0 saturated carbocycles. The number of aromatic amines is 1. The van der Waals surface area contributed by atoms with E-state index in [0.29, 0.717) is 27.4 Å². The molecule has 30 heavy (non-hydrogen) atoms. The highest BCUT2D eigenvalue weighted by atomic mass is 79.9. The summed E-state index contributed by atoms with van der Waals surface area (Å²) in [5.41, 5.74) is 3.96. The van der Waals surface area contributed by atoms with Crippen molar-refractivity contribution in [3.63, 3.8) is 0 Å². The first-order chi connectivity index (χ1) is 14.5. The van der Waals surface area contributed by atoms with Gasteiger partial charge >= 0.3 is 0 Å². The number of nitriles is 1. The van der Waals surface area contributed by atoms with Crippen molar-refractivity contribution in [1.29, 1.82) is 5.26 Å². The van der Waals surface area contributed by atoms with E-state index < -0.39 is 4.92 Å². The van der Waals surface area contributed by atoms with Gasteiger partial charge in [-0.25, -0.2) is 4.98 Å². The Kier molecular flexibility index (Phi) is 5.52. The zero-order chi connectivity index (χ0) is 21.1. The summed E-state index contributed by atoms with van der Waals surface area (Å²) in [6.07, 6.45) is 3.26. The van der Waals surface area contributed by atoms with Crippen LogP contribution in [0.25, 0.3) is 34.2 Å². The fourth-order valence-electron chi connectivity index (χ4n) is 2.86. The molecule has 2 heterocycles. The molecule has 0 bridgehead atoms. The quantitative estimate of drug-likeness (QED) is 0.217. The number of halogens is 1. The average molecular weight is 478 g/mol. The third-order valence-electron chi connectivity index (χ3n) is 4.31. The summed E-state index contributed by atoms with van der Waals surface area (Å²) < 4.78 is 0.980. The number of nitro groups is 1. The normalized spacial score (nSPS) is 11.3. The van der Waals surface area contributed by atoms with Gasteiger partial charge in [-0.15, -0.1) is 11.3 Å². The van der Waals surface area contributed by atoms with Gasteiger partial charge in [0.1, 0.15) is 11.1 Å². The zero-order valence-electron chi connectivity index (χ0n) is 15.2. The van der Waals surface area contributed by atoms with Crippen molar-refractivity contribution in [3.8, 4) is 28.6 Å². The molecule has 0 unspecified atom stereocenters. The molecular formula is C21H12BrN5O2S. The van der Waals surface area contributed by atoms with Crippen molar-refractivity contribution in [2.75, 3.05) is 0 Å². The maximum Gasteiger partial charge on any atom is 0.270 e. The number of non-ortho nitro benzene ring substituents is 1. The number of allylic oxidation sites excluding steroid dienone is 1.